The average Bonchev–Trinajstić information content (AvgIpc) is 2.16. The van der Waals surface area contributed by atoms with E-state index in [4.69, 9.17) is 9.94 Å². The topological polar surface area (TPSA) is 90.5 Å². The van der Waals surface area contributed by atoms with Crippen molar-refractivity contribution < 1.29 is 14.7 Å². The van der Waals surface area contributed by atoms with Crippen LogP contribution in [-0.2, 0) is 11.3 Å². The number of aromatic nitrogens is 2. The molecule has 0 aliphatic rings. The number of hydrogen-bond acceptors (Lipinski definition) is 4. The van der Waals surface area contributed by atoms with Gasteiger partial charge in [0.1, 0.15) is 13.2 Å². The molecule has 0 fully saturated rings. The summed E-state index contributed by atoms with van der Waals surface area (Å²) in [5, 5.41) is 8.49. The van der Waals surface area contributed by atoms with Crippen LogP contribution in [-0.4, -0.2) is 27.0 Å². The van der Waals surface area contributed by atoms with Crippen LogP contribution in [0.2, 0.25) is 0 Å². The van der Waals surface area contributed by atoms with E-state index in [-0.39, 0.29) is 6.61 Å². The Bertz CT molecular complexity index is 473. The maximum atomic E-state index is 11.5. The van der Waals surface area contributed by atoms with E-state index < -0.39 is 23.8 Å². The fourth-order valence-corrected chi connectivity index (χ4v) is 1.01. The van der Waals surface area contributed by atoms with E-state index in [1.54, 1.807) is 6.92 Å². The van der Waals surface area contributed by atoms with Gasteiger partial charge in [0, 0.05) is 12.3 Å². The zero-order valence-electron chi connectivity index (χ0n) is 8.04. The first kappa shape index (κ1) is 11.0. The molecule has 1 N–H and O–H groups in total. The highest BCUT2D eigenvalue weighted by Crippen LogP contribution is 1.78. The van der Waals surface area contributed by atoms with Gasteiger partial charge in [-0.2, -0.15) is 0 Å². The molecule has 0 atom stereocenters. The Kier molecular flexibility index (Phi) is 3.27. The fourth-order valence-electron chi connectivity index (χ4n) is 1.01. The Morgan fingerprint density at radius 1 is 1.53 bits per heavy atom. The Morgan fingerprint density at radius 2 is 2.20 bits per heavy atom. The Morgan fingerprint density at radius 3 is 2.73 bits per heavy atom. The smallest absolute Gasteiger partial charge is 0.365 e. The molecule has 0 saturated heterocycles. The molecular formula is C8H10N2O5. The molecule has 1 aromatic heterocycles. The predicted molar refractivity (Wildman–Crippen MR) is 49.7 cm³/mol. The maximum Gasteiger partial charge on any atom is 0.365 e. The largest absolute Gasteiger partial charge is 0.480 e. The quantitative estimate of drug-likeness (QED) is 0.661. The van der Waals surface area contributed by atoms with Crippen LogP contribution in [0.5, 0.6) is 0 Å². The lowest BCUT2D eigenvalue weighted by Gasteiger charge is -2.07. The van der Waals surface area contributed by atoms with Gasteiger partial charge in [-0.05, 0) is 6.92 Å². The molecule has 0 unspecified atom stereocenters. The normalized spacial score (nSPS) is 9.93. The first-order valence-electron chi connectivity index (χ1n) is 4.24. The van der Waals surface area contributed by atoms with Crippen molar-refractivity contribution in [3.05, 3.63) is 33.1 Å². The third-order valence-electron chi connectivity index (χ3n) is 1.58. The van der Waals surface area contributed by atoms with Gasteiger partial charge in [-0.3, -0.25) is 14.2 Å². The summed E-state index contributed by atoms with van der Waals surface area (Å²) in [6.07, 6.45) is 1.12. The molecule has 1 rings (SSSR count). The minimum atomic E-state index is -1.17. The van der Waals surface area contributed by atoms with Crippen LogP contribution in [0.15, 0.2) is 21.9 Å². The van der Waals surface area contributed by atoms with Gasteiger partial charge in [-0.25, -0.2) is 4.79 Å². The van der Waals surface area contributed by atoms with E-state index in [2.05, 4.69) is 0 Å². The maximum absolute atomic E-state index is 11.5. The fraction of sp³-hybridized carbons (Fsp3) is 0.375. The summed E-state index contributed by atoms with van der Waals surface area (Å²) < 4.78 is 1.41. The molecule has 1 aromatic rings. The summed E-state index contributed by atoms with van der Waals surface area (Å²) >= 11 is 0. The number of nitrogens with zero attached hydrogens (tertiary/aromatic N) is 2. The van der Waals surface area contributed by atoms with Gasteiger partial charge in [0.15, 0.2) is 0 Å². The molecule has 15 heavy (non-hydrogen) atoms. The number of carboxylic acids is 1. The number of hydrogen-bond donors (Lipinski definition) is 1. The second kappa shape index (κ2) is 4.45. The molecular weight excluding hydrogens is 204 g/mol. The molecule has 0 aliphatic heterocycles. The Hall–Kier alpha value is -2.05. The summed E-state index contributed by atoms with van der Waals surface area (Å²) in [6.45, 7) is 1.25. The van der Waals surface area contributed by atoms with Crippen molar-refractivity contribution in [2.24, 2.45) is 0 Å². The van der Waals surface area contributed by atoms with Crippen molar-refractivity contribution in [2.75, 3.05) is 6.61 Å². The summed E-state index contributed by atoms with van der Waals surface area (Å²) in [4.78, 5) is 37.8. The highest BCUT2D eigenvalue weighted by atomic mass is 16.7. The highest BCUT2D eigenvalue weighted by molar-refractivity contribution is 5.66. The molecule has 1 heterocycles. The molecule has 0 aromatic carbocycles. The minimum Gasteiger partial charge on any atom is -0.480 e. The predicted octanol–water partition coefficient (Wildman–Crippen LogP) is -1.46. The van der Waals surface area contributed by atoms with Crippen molar-refractivity contribution in [2.45, 2.75) is 13.5 Å². The molecule has 0 bridgehead atoms. The molecule has 0 spiro atoms. The van der Waals surface area contributed by atoms with E-state index in [0.717, 1.165) is 16.8 Å². The van der Waals surface area contributed by atoms with Crippen LogP contribution >= 0.6 is 0 Å². The first-order valence-corrected chi connectivity index (χ1v) is 4.24. The van der Waals surface area contributed by atoms with Gasteiger partial charge < -0.3 is 9.94 Å². The number of carboxylic acid groups (broad SMARTS) is 1. The van der Waals surface area contributed by atoms with Crippen LogP contribution in [0, 0.1) is 0 Å². The van der Waals surface area contributed by atoms with Gasteiger partial charge in [0.05, 0.1) is 0 Å². The zero-order chi connectivity index (χ0) is 11.4. The molecule has 0 saturated carbocycles. The minimum absolute atomic E-state index is 0.145. The number of rotatable bonds is 4. The summed E-state index contributed by atoms with van der Waals surface area (Å²) in [6, 6.07) is 1.07. The van der Waals surface area contributed by atoms with E-state index in [0.29, 0.717) is 4.73 Å². The van der Waals surface area contributed by atoms with E-state index in [1.165, 1.54) is 0 Å². The van der Waals surface area contributed by atoms with Crippen LogP contribution in [0.4, 0.5) is 0 Å². The van der Waals surface area contributed by atoms with Crippen molar-refractivity contribution in [3.63, 3.8) is 0 Å². The van der Waals surface area contributed by atoms with E-state index >= 15 is 0 Å². The SMILES string of the molecule is CCOn1c(=O)ccn(CC(=O)O)c1=O. The Balaban J connectivity index is 3.22. The lowest BCUT2D eigenvalue weighted by atomic mass is 10.6. The molecule has 0 aliphatic carbocycles. The van der Waals surface area contributed by atoms with Gasteiger partial charge in [-0.1, -0.05) is 4.73 Å². The van der Waals surface area contributed by atoms with Crippen molar-refractivity contribution in [1.29, 1.82) is 0 Å². The molecule has 7 nitrogen and oxygen atoms in total. The van der Waals surface area contributed by atoms with Crippen molar-refractivity contribution >= 4 is 5.97 Å². The third kappa shape index (κ3) is 2.46. The van der Waals surface area contributed by atoms with Gasteiger partial charge >= 0.3 is 11.7 Å². The Labute approximate surface area is 84.1 Å². The van der Waals surface area contributed by atoms with Crippen molar-refractivity contribution in [1.82, 2.24) is 9.30 Å². The van der Waals surface area contributed by atoms with Crippen LogP contribution < -0.4 is 16.1 Å². The van der Waals surface area contributed by atoms with E-state index in [1.807, 2.05) is 0 Å². The van der Waals surface area contributed by atoms with Crippen LogP contribution in [0.1, 0.15) is 6.92 Å². The molecule has 0 radical (unpaired) electrons. The van der Waals surface area contributed by atoms with Gasteiger partial charge in [-0.15, -0.1) is 0 Å². The molecule has 0 amide bonds. The average molecular weight is 214 g/mol. The number of aliphatic carboxylic acids is 1. The monoisotopic (exact) mass is 214 g/mol. The highest BCUT2D eigenvalue weighted by Gasteiger charge is 2.07. The van der Waals surface area contributed by atoms with Crippen LogP contribution in [0.3, 0.4) is 0 Å². The second-order valence-corrected chi connectivity index (χ2v) is 2.67. The summed E-state index contributed by atoms with van der Waals surface area (Å²) in [7, 11) is 0. The van der Waals surface area contributed by atoms with Gasteiger partial charge in [0.2, 0.25) is 0 Å². The van der Waals surface area contributed by atoms with Crippen LogP contribution in [0.25, 0.3) is 0 Å². The summed E-state index contributed by atoms with van der Waals surface area (Å²) in [5.41, 5.74) is -1.42. The van der Waals surface area contributed by atoms with E-state index in [9.17, 15) is 14.4 Å². The number of carbonyl (C=O) groups is 1. The summed E-state index contributed by atoms with van der Waals surface area (Å²) in [5.74, 6) is -1.17. The standard InChI is InChI=1S/C8H10N2O5/c1-2-15-10-6(11)3-4-9(8(10)14)5-7(12)13/h3-4H,2,5H2,1H3,(H,12,13). The lowest BCUT2D eigenvalue weighted by molar-refractivity contribution is -0.137. The van der Waals surface area contributed by atoms with Gasteiger partial charge in [0.25, 0.3) is 5.56 Å². The lowest BCUT2D eigenvalue weighted by Crippen LogP contribution is -2.43. The zero-order valence-corrected chi connectivity index (χ0v) is 8.04. The first-order chi connectivity index (χ1) is 7.06. The molecule has 82 valence electrons. The molecule has 7 heteroatoms. The van der Waals surface area contributed by atoms with Crippen molar-refractivity contribution in [3.8, 4) is 0 Å². The third-order valence-corrected chi connectivity index (χ3v) is 1.58. The second-order valence-electron chi connectivity index (χ2n) is 2.67.